The van der Waals surface area contributed by atoms with Crippen molar-refractivity contribution in [2.75, 3.05) is 5.32 Å². The van der Waals surface area contributed by atoms with Gasteiger partial charge in [-0.25, -0.2) is 8.78 Å². The molecule has 2 aromatic carbocycles. The summed E-state index contributed by atoms with van der Waals surface area (Å²) in [6.07, 6.45) is -4.59. The zero-order chi connectivity index (χ0) is 15.6. The minimum absolute atomic E-state index is 0.0463. The molecule has 0 spiro atoms. The molecule has 0 fully saturated rings. The number of nitrogens with zero attached hydrogens (tertiary/aromatic N) is 1. The standard InChI is InChI=1S/C14H7F5N2/c15-10-2-1-3-12(13(10)16)21-11-5-4-9(14(17,18)19)6-8(11)7-20/h1-6,21H. The van der Waals surface area contributed by atoms with Crippen molar-refractivity contribution in [3.8, 4) is 6.07 Å². The fourth-order valence-electron chi connectivity index (χ4n) is 1.67. The van der Waals surface area contributed by atoms with Crippen LogP contribution in [0.2, 0.25) is 0 Å². The summed E-state index contributed by atoms with van der Waals surface area (Å²) in [6, 6.07) is 7.30. The highest BCUT2D eigenvalue weighted by Gasteiger charge is 2.31. The second-order valence-corrected chi connectivity index (χ2v) is 4.10. The van der Waals surface area contributed by atoms with Gasteiger partial charge in [-0.15, -0.1) is 0 Å². The van der Waals surface area contributed by atoms with Crippen molar-refractivity contribution in [2.24, 2.45) is 0 Å². The molecule has 0 aliphatic rings. The Morgan fingerprint density at radius 1 is 1.00 bits per heavy atom. The maximum atomic E-state index is 13.5. The summed E-state index contributed by atoms with van der Waals surface area (Å²) in [5.74, 6) is -2.29. The van der Waals surface area contributed by atoms with Crippen molar-refractivity contribution in [1.29, 1.82) is 5.26 Å². The topological polar surface area (TPSA) is 35.8 Å². The molecule has 0 aliphatic heterocycles. The smallest absolute Gasteiger partial charge is 0.352 e. The quantitative estimate of drug-likeness (QED) is 0.822. The Balaban J connectivity index is 2.42. The molecule has 0 atom stereocenters. The lowest BCUT2D eigenvalue weighted by atomic mass is 10.1. The van der Waals surface area contributed by atoms with Crippen molar-refractivity contribution in [3.63, 3.8) is 0 Å². The maximum absolute atomic E-state index is 13.5. The number of hydrogen-bond donors (Lipinski definition) is 1. The molecule has 0 amide bonds. The summed E-state index contributed by atoms with van der Waals surface area (Å²) < 4.78 is 64.2. The third-order valence-electron chi connectivity index (χ3n) is 2.69. The Morgan fingerprint density at radius 3 is 2.33 bits per heavy atom. The van der Waals surface area contributed by atoms with Gasteiger partial charge in [0, 0.05) is 0 Å². The van der Waals surface area contributed by atoms with Crippen molar-refractivity contribution in [1.82, 2.24) is 0 Å². The average Bonchev–Trinajstić information content (AvgIpc) is 2.43. The van der Waals surface area contributed by atoms with Gasteiger partial charge in [-0.2, -0.15) is 18.4 Å². The average molecular weight is 298 g/mol. The van der Waals surface area contributed by atoms with Crippen LogP contribution < -0.4 is 5.32 Å². The summed E-state index contributed by atoms with van der Waals surface area (Å²) in [4.78, 5) is 0. The monoisotopic (exact) mass is 298 g/mol. The van der Waals surface area contributed by atoms with Gasteiger partial charge < -0.3 is 5.32 Å². The molecule has 0 saturated heterocycles. The second kappa shape index (κ2) is 5.40. The number of nitrogens with one attached hydrogen (secondary N) is 1. The highest BCUT2D eigenvalue weighted by molar-refractivity contribution is 5.67. The number of anilines is 2. The first-order valence-corrected chi connectivity index (χ1v) is 5.65. The fourth-order valence-corrected chi connectivity index (χ4v) is 1.67. The Labute approximate surface area is 116 Å². The summed E-state index contributed by atoms with van der Waals surface area (Å²) >= 11 is 0. The van der Waals surface area contributed by atoms with Gasteiger partial charge in [-0.1, -0.05) is 6.07 Å². The SMILES string of the molecule is N#Cc1cc(C(F)(F)F)ccc1Nc1cccc(F)c1F. The zero-order valence-corrected chi connectivity index (χ0v) is 10.3. The molecule has 21 heavy (non-hydrogen) atoms. The van der Waals surface area contributed by atoms with Crippen molar-refractivity contribution < 1.29 is 22.0 Å². The summed E-state index contributed by atoms with van der Waals surface area (Å²) in [6.45, 7) is 0. The van der Waals surface area contributed by atoms with E-state index in [2.05, 4.69) is 5.32 Å². The molecule has 2 nitrogen and oxygen atoms in total. The summed E-state index contributed by atoms with van der Waals surface area (Å²) in [7, 11) is 0. The van der Waals surface area contributed by atoms with Gasteiger partial charge in [0.2, 0.25) is 0 Å². The summed E-state index contributed by atoms with van der Waals surface area (Å²) in [5, 5.41) is 11.3. The van der Waals surface area contributed by atoms with E-state index in [4.69, 9.17) is 5.26 Å². The van der Waals surface area contributed by atoms with E-state index in [0.717, 1.165) is 18.2 Å². The molecule has 2 rings (SSSR count). The summed E-state index contributed by atoms with van der Waals surface area (Å²) in [5.41, 5.74) is -1.64. The van der Waals surface area contributed by atoms with Crippen LogP contribution in [0.5, 0.6) is 0 Å². The molecule has 108 valence electrons. The van der Waals surface area contributed by atoms with E-state index in [1.54, 1.807) is 6.07 Å². The second-order valence-electron chi connectivity index (χ2n) is 4.10. The van der Waals surface area contributed by atoms with Crippen molar-refractivity contribution in [2.45, 2.75) is 6.18 Å². The van der Waals surface area contributed by atoms with Crippen LogP contribution in [-0.4, -0.2) is 0 Å². The number of benzene rings is 2. The van der Waals surface area contributed by atoms with Gasteiger partial charge in [-0.05, 0) is 30.3 Å². The minimum atomic E-state index is -4.59. The van der Waals surface area contributed by atoms with Gasteiger partial charge in [0.15, 0.2) is 11.6 Å². The molecule has 0 unspecified atom stereocenters. The van der Waals surface area contributed by atoms with E-state index < -0.39 is 23.4 Å². The third kappa shape index (κ3) is 3.11. The normalized spacial score (nSPS) is 11.0. The predicted octanol–water partition coefficient (Wildman–Crippen LogP) is 4.60. The number of hydrogen-bond acceptors (Lipinski definition) is 2. The molecule has 1 N–H and O–H groups in total. The number of halogens is 5. The Morgan fingerprint density at radius 2 is 1.71 bits per heavy atom. The van der Waals surface area contributed by atoms with Crippen LogP contribution in [0.4, 0.5) is 33.3 Å². The van der Waals surface area contributed by atoms with Gasteiger partial charge in [0.1, 0.15) is 6.07 Å². The number of rotatable bonds is 2. The first-order valence-electron chi connectivity index (χ1n) is 5.65. The Bertz CT molecular complexity index is 716. The molecule has 0 saturated carbocycles. The molecular formula is C14H7F5N2. The predicted molar refractivity (Wildman–Crippen MR) is 65.8 cm³/mol. The van der Waals surface area contributed by atoms with Crippen molar-refractivity contribution >= 4 is 11.4 Å². The van der Waals surface area contributed by atoms with Crippen LogP contribution in [0.25, 0.3) is 0 Å². The van der Waals surface area contributed by atoms with E-state index in [-0.39, 0.29) is 16.9 Å². The van der Waals surface area contributed by atoms with E-state index >= 15 is 0 Å². The fraction of sp³-hybridized carbons (Fsp3) is 0.0714. The molecule has 7 heteroatoms. The van der Waals surface area contributed by atoms with Crippen LogP contribution in [0, 0.1) is 23.0 Å². The Hall–Kier alpha value is -2.62. The van der Waals surface area contributed by atoms with Crippen LogP contribution >= 0.6 is 0 Å². The number of nitriles is 1. The van der Waals surface area contributed by atoms with Gasteiger partial charge >= 0.3 is 6.18 Å². The zero-order valence-electron chi connectivity index (χ0n) is 10.3. The highest BCUT2D eigenvalue weighted by Crippen LogP contribution is 2.32. The van der Waals surface area contributed by atoms with Gasteiger partial charge in [0.05, 0.1) is 22.5 Å². The van der Waals surface area contributed by atoms with Gasteiger partial charge in [-0.3, -0.25) is 0 Å². The van der Waals surface area contributed by atoms with E-state index in [0.29, 0.717) is 6.07 Å². The third-order valence-corrected chi connectivity index (χ3v) is 2.69. The largest absolute Gasteiger partial charge is 0.416 e. The Kier molecular flexibility index (Phi) is 3.80. The van der Waals surface area contributed by atoms with Crippen LogP contribution in [0.15, 0.2) is 36.4 Å². The first kappa shape index (κ1) is 14.8. The lowest BCUT2D eigenvalue weighted by molar-refractivity contribution is -0.137. The van der Waals surface area contributed by atoms with E-state index in [1.807, 2.05) is 0 Å². The molecule has 0 bridgehead atoms. The lowest BCUT2D eigenvalue weighted by Gasteiger charge is -2.12. The van der Waals surface area contributed by atoms with Crippen LogP contribution in [0.1, 0.15) is 11.1 Å². The minimum Gasteiger partial charge on any atom is -0.352 e. The highest BCUT2D eigenvalue weighted by atomic mass is 19.4. The molecule has 0 aromatic heterocycles. The molecule has 0 radical (unpaired) electrons. The molecular weight excluding hydrogens is 291 g/mol. The van der Waals surface area contributed by atoms with Crippen LogP contribution in [-0.2, 0) is 6.18 Å². The van der Waals surface area contributed by atoms with E-state index in [9.17, 15) is 22.0 Å². The molecule has 2 aromatic rings. The lowest BCUT2D eigenvalue weighted by Crippen LogP contribution is -2.06. The van der Waals surface area contributed by atoms with Gasteiger partial charge in [0.25, 0.3) is 0 Å². The van der Waals surface area contributed by atoms with Crippen molar-refractivity contribution in [3.05, 3.63) is 59.2 Å². The molecule has 0 heterocycles. The van der Waals surface area contributed by atoms with E-state index in [1.165, 1.54) is 12.1 Å². The first-order chi connectivity index (χ1) is 9.82. The maximum Gasteiger partial charge on any atom is 0.416 e. The molecule has 0 aliphatic carbocycles. The van der Waals surface area contributed by atoms with Crippen LogP contribution in [0.3, 0.4) is 0 Å². The number of alkyl halides is 3.